The second kappa shape index (κ2) is 16.6. The summed E-state index contributed by atoms with van der Waals surface area (Å²) in [6, 6.07) is 78.3. The van der Waals surface area contributed by atoms with Gasteiger partial charge in [-0.1, -0.05) is 156 Å². The van der Waals surface area contributed by atoms with Crippen LogP contribution in [0.15, 0.2) is 206 Å². The van der Waals surface area contributed by atoms with Crippen molar-refractivity contribution in [2.75, 3.05) is 0 Å². The third kappa shape index (κ3) is 7.30. The van der Waals surface area contributed by atoms with Gasteiger partial charge in [0, 0.05) is 32.7 Å². The van der Waals surface area contributed by atoms with E-state index in [4.69, 9.17) is 0 Å². The lowest BCUT2D eigenvalue weighted by molar-refractivity contribution is 1.15. The van der Waals surface area contributed by atoms with E-state index in [1.165, 1.54) is 88.3 Å². The van der Waals surface area contributed by atoms with E-state index in [9.17, 15) is 5.26 Å². The molecule has 0 aliphatic carbocycles. The van der Waals surface area contributed by atoms with E-state index in [1.54, 1.807) is 0 Å². The summed E-state index contributed by atoms with van der Waals surface area (Å²) in [4.78, 5) is 0. The van der Waals surface area contributed by atoms with Gasteiger partial charge in [-0.25, -0.2) is 0 Å². The van der Waals surface area contributed by atoms with Crippen LogP contribution in [-0.4, -0.2) is 9.13 Å². The minimum absolute atomic E-state index is 0.608. The van der Waals surface area contributed by atoms with Crippen LogP contribution in [-0.2, 0) is 0 Å². The Morgan fingerprint density at radius 1 is 0.275 bits per heavy atom. The van der Waals surface area contributed by atoms with Gasteiger partial charge in [-0.2, -0.15) is 5.26 Å². The number of hydrogen-bond acceptors (Lipinski definition) is 1. The van der Waals surface area contributed by atoms with Crippen molar-refractivity contribution in [1.29, 1.82) is 5.26 Å². The number of fused-ring (bicyclic) bond motifs is 6. The molecule has 0 fully saturated rings. The molecule has 10 aromatic carbocycles. The molecule has 12 aromatic rings. The Hall–Kier alpha value is -8.71. The van der Waals surface area contributed by atoms with Gasteiger partial charge >= 0.3 is 0 Å². The summed E-state index contributed by atoms with van der Waals surface area (Å²) in [6.45, 7) is 10.7. The molecule has 0 amide bonds. The van der Waals surface area contributed by atoms with Crippen LogP contribution in [0, 0.1) is 45.9 Å². The largest absolute Gasteiger partial charge is 0.309 e. The Morgan fingerprint density at radius 3 is 0.942 bits per heavy atom. The molecule has 328 valence electrons. The Balaban J connectivity index is 1.12. The van der Waals surface area contributed by atoms with Gasteiger partial charge in [0.25, 0.3) is 0 Å². The zero-order valence-corrected chi connectivity index (χ0v) is 39.5. The molecule has 0 saturated heterocycles. The van der Waals surface area contributed by atoms with Gasteiger partial charge in [-0.3, -0.25) is 0 Å². The quantitative estimate of drug-likeness (QED) is 0.157. The minimum atomic E-state index is 0.608. The van der Waals surface area contributed by atoms with Crippen LogP contribution in [0.5, 0.6) is 0 Å². The number of aromatic nitrogens is 2. The smallest absolute Gasteiger partial charge is 0.0991 e. The molecule has 0 atom stereocenters. The first-order valence-corrected chi connectivity index (χ1v) is 23.8. The number of rotatable bonds is 7. The predicted octanol–water partition coefficient (Wildman–Crippen LogP) is 17.6. The van der Waals surface area contributed by atoms with Crippen molar-refractivity contribution in [3.63, 3.8) is 0 Å². The van der Waals surface area contributed by atoms with E-state index in [0.717, 1.165) is 50.1 Å². The Morgan fingerprint density at radius 2 is 0.594 bits per heavy atom. The third-order valence-corrected chi connectivity index (χ3v) is 14.1. The molecule has 69 heavy (non-hydrogen) atoms. The highest BCUT2D eigenvalue weighted by Gasteiger charge is 2.23. The summed E-state index contributed by atoms with van der Waals surface area (Å²) in [5.74, 6) is 0. The minimum Gasteiger partial charge on any atom is -0.309 e. The van der Waals surface area contributed by atoms with Gasteiger partial charge in [0.1, 0.15) is 0 Å². The second-order valence-electron chi connectivity index (χ2n) is 18.9. The van der Waals surface area contributed by atoms with Crippen LogP contribution >= 0.6 is 0 Å². The zero-order chi connectivity index (χ0) is 46.9. The molecule has 0 unspecified atom stereocenters. The van der Waals surface area contributed by atoms with Gasteiger partial charge in [0.05, 0.1) is 45.1 Å². The Labute approximate surface area is 403 Å². The maximum absolute atomic E-state index is 10.6. The van der Waals surface area contributed by atoms with Crippen molar-refractivity contribution in [3.05, 3.63) is 240 Å². The second-order valence-corrected chi connectivity index (χ2v) is 18.9. The van der Waals surface area contributed by atoms with Crippen LogP contribution in [0.1, 0.15) is 33.4 Å². The first-order chi connectivity index (χ1) is 33.7. The van der Waals surface area contributed by atoms with E-state index < -0.39 is 0 Å². The number of hydrogen-bond donors (Lipinski definition) is 0. The molecule has 0 aliphatic rings. The van der Waals surface area contributed by atoms with Crippen LogP contribution in [0.25, 0.3) is 111 Å². The van der Waals surface area contributed by atoms with Gasteiger partial charge in [0.15, 0.2) is 0 Å². The Kier molecular flexibility index (Phi) is 10.0. The van der Waals surface area contributed by atoms with E-state index in [1.807, 2.05) is 6.07 Å². The lowest BCUT2D eigenvalue weighted by Crippen LogP contribution is -2.02. The molecule has 3 nitrogen and oxygen atoms in total. The average Bonchev–Trinajstić information content (AvgIpc) is 3.88. The highest BCUT2D eigenvalue weighted by atomic mass is 15.0. The number of benzene rings is 10. The molecule has 2 aromatic heterocycles. The van der Waals surface area contributed by atoms with Gasteiger partial charge < -0.3 is 9.13 Å². The van der Waals surface area contributed by atoms with Gasteiger partial charge in [-0.15, -0.1) is 0 Å². The van der Waals surface area contributed by atoms with Crippen LogP contribution in [0.2, 0.25) is 0 Å². The molecule has 3 heteroatoms. The molecule has 0 N–H and O–H groups in total. The fourth-order valence-corrected chi connectivity index (χ4v) is 10.3. The maximum atomic E-state index is 10.6. The number of aryl methyl sites for hydroxylation is 5. The first kappa shape index (κ1) is 41.7. The molecular formula is C66H49N3. The standard InChI is InChI=1S/C66H49N3/c1-41-6-16-47(17-7-41)51-24-30-62-57(36-51)58-37-52(48-18-8-42(2)9-19-48)25-31-63(58)68(62)61-29-15-46(40-67)35-56(61)55-28-14-45(5)34-66(55)69-64-32-26-53(49-20-10-43(3)11-21-49)38-59(64)60-39-54(27-33-65(60)69)50-22-12-44(4)13-23-50/h6-39H,1-5H3. The van der Waals surface area contributed by atoms with Crippen LogP contribution in [0.4, 0.5) is 0 Å². The third-order valence-electron chi connectivity index (χ3n) is 14.1. The number of nitrogens with zero attached hydrogens (tertiary/aromatic N) is 3. The lowest BCUT2D eigenvalue weighted by Gasteiger charge is -2.19. The molecule has 12 rings (SSSR count). The number of nitriles is 1. The SMILES string of the molecule is Cc1ccc(-c2ccc3c(c2)c2cc(-c4ccc(C)cc4)ccc2n3-c2ccc(C#N)cc2-c2ccc(C)cc2-n2c3ccc(-c4ccc(C)cc4)cc3c3cc(-c4ccc(C)cc4)ccc32)cc1. The van der Waals surface area contributed by atoms with Crippen molar-refractivity contribution in [3.8, 4) is 73.1 Å². The molecule has 0 radical (unpaired) electrons. The Bertz CT molecular complexity index is 3820. The van der Waals surface area contributed by atoms with Crippen molar-refractivity contribution in [2.24, 2.45) is 0 Å². The van der Waals surface area contributed by atoms with E-state index in [-0.39, 0.29) is 0 Å². The molecule has 0 aliphatic heterocycles. The van der Waals surface area contributed by atoms with Crippen LogP contribution in [0.3, 0.4) is 0 Å². The highest BCUT2D eigenvalue weighted by Crippen LogP contribution is 2.44. The first-order valence-electron chi connectivity index (χ1n) is 23.8. The fourth-order valence-electron chi connectivity index (χ4n) is 10.3. The molecular weight excluding hydrogens is 835 g/mol. The normalized spacial score (nSPS) is 11.5. The summed E-state index contributed by atoms with van der Waals surface area (Å²) in [7, 11) is 0. The topological polar surface area (TPSA) is 33.6 Å². The van der Waals surface area contributed by atoms with Crippen molar-refractivity contribution < 1.29 is 0 Å². The van der Waals surface area contributed by atoms with E-state index >= 15 is 0 Å². The molecule has 0 spiro atoms. The van der Waals surface area contributed by atoms with Crippen molar-refractivity contribution >= 4 is 43.6 Å². The summed E-state index contributed by atoms with van der Waals surface area (Å²) in [5, 5.41) is 15.3. The highest BCUT2D eigenvalue weighted by molar-refractivity contribution is 6.14. The van der Waals surface area contributed by atoms with Crippen molar-refractivity contribution in [1.82, 2.24) is 9.13 Å². The lowest BCUT2D eigenvalue weighted by atomic mass is 9.97. The van der Waals surface area contributed by atoms with Crippen LogP contribution < -0.4 is 0 Å². The molecule has 0 bridgehead atoms. The summed E-state index contributed by atoms with van der Waals surface area (Å²) < 4.78 is 4.86. The monoisotopic (exact) mass is 883 g/mol. The molecule has 0 saturated carbocycles. The van der Waals surface area contributed by atoms with E-state index in [2.05, 4.69) is 250 Å². The summed E-state index contributed by atoms with van der Waals surface area (Å²) in [5.41, 5.74) is 24.7. The summed E-state index contributed by atoms with van der Waals surface area (Å²) in [6.07, 6.45) is 0. The van der Waals surface area contributed by atoms with Gasteiger partial charge in [0.2, 0.25) is 0 Å². The van der Waals surface area contributed by atoms with Crippen molar-refractivity contribution in [2.45, 2.75) is 34.6 Å². The predicted molar refractivity (Wildman–Crippen MR) is 291 cm³/mol. The zero-order valence-electron chi connectivity index (χ0n) is 39.5. The molecule has 2 heterocycles. The summed E-state index contributed by atoms with van der Waals surface area (Å²) >= 11 is 0. The average molecular weight is 884 g/mol. The van der Waals surface area contributed by atoms with Gasteiger partial charge in [-0.05, 0) is 157 Å². The fraction of sp³-hybridized carbons (Fsp3) is 0.0758. The maximum Gasteiger partial charge on any atom is 0.0991 e. The van der Waals surface area contributed by atoms with E-state index in [0.29, 0.717) is 5.56 Å².